The number of oxazole rings is 1. The van der Waals surface area contributed by atoms with Crippen LogP contribution in [-0.4, -0.2) is 43.2 Å². The highest BCUT2D eigenvalue weighted by molar-refractivity contribution is 5.79. The molecule has 1 amide bonds. The van der Waals surface area contributed by atoms with Crippen LogP contribution in [0.5, 0.6) is 0 Å². The second kappa shape index (κ2) is 7.44. The SMILES string of the molecule is O=C(NCC[C@@H]1CCCO1)C1CCN(c2nc3ccccc3o2)CC1. The van der Waals surface area contributed by atoms with Crippen LogP contribution in [0.2, 0.25) is 0 Å². The van der Waals surface area contributed by atoms with E-state index in [9.17, 15) is 4.79 Å². The molecule has 0 bridgehead atoms. The summed E-state index contributed by atoms with van der Waals surface area (Å²) in [4.78, 5) is 19.0. The Labute approximate surface area is 147 Å². The second-order valence-electron chi connectivity index (χ2n) is 6.94. The van der Waals surface area contributed by atoms with Gasteiger partial charge in [0.2, 0.25) is 5.91 Å². The first-order valence-electron chi connectivity index (χ1n) is 9.29. The Morgan fingerprint density at radius 1 is 1.24 bits per heavy atom. The van der Waals surface area contributed by atoms with Crippen molar-refractivity contribution in [2.24, 2.45) is 5.92 Å². The molecule has 25 heavy (non-hydrogen) atoms. The number of carbonyl (C=O) groups excluding carboxylic acids is 1. The molecule has 134 valence electrons. The summed E-state index contributed by atoms with van der Waals surface area (Å²) in [5, 5.41) is 3.08. The summed E-state index contributed by atoms with van der Waals surface area (Å²) in [5.74, 6) is 0.264. The van der Waals surface area contributed by atoms with Gasteiger partial charge >= 0.3 is 0 Å². The molecule has 0 spiro atoms. The maximum atomic E-state index is 12.3. The molecule has 1 aromatic carbocycles. The molecular weight excluding hydrogens is 318 g/mol. The standard InChI is InChI=1S/C19H25N3O3/c23-18(20-10-7-15-4-3-13-24-15)14-8-11-22(12-9-14)19-21-16-5-1-2-6-17(16)25-19/h1-2,5-6,14-15H,3-4,7-13H2,(H,20,23)/t15-/m0/s1. The van der Waals surface area contributed by atoms with Crippen LogP contribution in [-0.2, 0) is 9.53 Å². The fourth-order valence-corrected chi connectivity index (χ4v) is 3.70. The number of amides is 1. The number of benzene rings is 1. The number of aromatic nitrogens is 1. The van der Waals surface area contributed by atoms with Crippen LogP contribution < -0.4 is 10.2 Å². The third-order valence-corrected chi connectivity index (χ3v) is 5.21. The lowest BCUT2D eigenvalue weighted by atomic mass is 9.96. The van der Waals surface area contributed by atoms with E-state index in [2.05, 4.69) is 15.2 Å². The van der Waals surface area contributed by atoms with Crippen molar-refractivity contribution in [2.75, 3.05) is 31.1 Å². The molecule has 1 N–H and O–H groups in total. The van der Waals surface area contributed by atoms with E-state index in [1.807, 2.05) is 24.3 Å². The van der Waals surface area contributed by atoms with Crippen LogP contribution in [0.1, 0.15) is 32.1 Å². The van der Waals surface area contributed by atoms with E-state index in [-0.39, 0.29) is 11.8 Å². The molecule has 2 fully saturated rings. The minimum Gasteiger partial charge on any atom is -0.423 e. The molecule has 0 unspecified atom stereocenters. The van der Waals surface area contributed by atoms with Gasteiger partial charge in [0.25, 0.3) is 6.01 Å². The molecule has 6 nitrogen and oxygen atoms in total. The van der Waals surface area contributed by atoms with E-state index in [1.54, 1.807) is 0 Å². The summed E-state index contributed by atoms with van der Waals surface area (Å²) in [6.07, 6.45) is 5.20. The monoisotopic (exact) mass is 343 g/mol. The highest BCUT2D eigenvalue weighted by atomic mass is 16.5. The molecule has 3 heterocycles. The number of anilines is 1. The summed E-state index contributed by atoms with van der Waals surface area (Å²) < 4.78 is 11.4. The summed E-state index contributed by atoms with van der Waals surface area (Å²) in [7, 11) is 0. The van der Waals surface area contributed by atoms with Crippen molar-refractivity contribution in [1.82, 2.24) is 10.3 Å². The van der Waals surface area contributed by atoms with Gasteiger partial charge < -0.3 is 19.4 Å². The van der Waals surface area contributed by atoms with E-state index < -0.39 is 0 Å². The second-order valence-corrected chi connectivity index (χ2v) is 6.94. The molecule has 0 radical (unpaired) electrons. The number of nitrogens with one attached hydrogen (secondary N) is 1. The van der Waals surface area contributed by atoms with Crippen LogP contribution in [0.25, 0.3) is 11.1 Å². The number of fused-ring (bicyclic) bond motifs is 1. The van der Waals surface area contributed by atoms with Crippen LogP contribution in [0.3, 0.4) is 0 Å². The number of ether oxygens (including phenoxy) is 1. The number of rotatable bonds is 5. The quantitative estimate of drug-likeness (QED) is 0.904. The topological polar surface area (TPSA) is 67.6 Å². The predicted octanol–water partition coefficient (Wildman–Crippen LogP) is 2.73. The number of nitrogens with zero attached hydrogens (tertiary/aromatic N) is 2. The van der Waals surface area contributed by atoms with Crippen LogP contribution in [0.15, 0.2) is 28.7 Å². The van der Waals surface area contributed by atoms with E-state index in [4.69, 9.17) is 9.15 Å². The molecule has 2 aliphatic heterocycles. The van der Waals surface area contributed by atoms with Crippen molar-refractivity contribution in [1.29, 1.82) is 0 Å². The Kier molecular flexibility index (Phi) is 4.88. The van der Waals surface area contributed by atoms with Crippen molar-refractivity contribution in [3.8, 4) is 0 Å². The lowest BCUT2D eigenvalue weighted by molar-refractivity contribution is -0.125. The summed E-state index contributed by atoms with van der Waals surface area (Å²) in [6, 6.07) is 8.46. The first-order chi connectivity index (χ1) is 12.3. The average molecular weight is 343 g/mol. The fraction of sp³-hybridized carbons (Fsp3) is 0.579. The fourth-order valence-electron chi connectivity index (χ4n) is 3.70. The van der Waals surface area contributed by atoms with Gasteiger partial charge in [-0.1, -0.05) is 12.1 Å². The van der Waals surface area contributed by atoms with E-state index >= 15 is 0 Å². The van der Waals surface area contributed by atoms with Crippen LogP contribution in [0, 0.1) is 5.92 Å². The molecule has 0 aliphatic carbocycles. The highest BCUT2D eigenvalue weighted by Crippen LogP contribution is 2.26. The van der Waals surface area contributed by atoms with Gasteiger partial charge in [-0.05, 0) is 44.2 Å². The molecule has 2 aliphatic rings. The van der Waals surface area contributed by atoms with Gasteiger partial charge in [-0.3, -0.25) is 4.79 Å². The van der Waals surface area contributed by atoms with Crippen molar-refractivity contribution in [3.05, 3.63) is 24.3 Å². The Balaban J connectivity index is 1.25. The molecule has 6 heteroatoms. The Bertz CT molecular complexity index is 683. The summed E-state index contributed by atoms with van der Waals surface area (Å²) >= 11 is 0. The van der Waals surface area contributed by atoms with Gasteiger partial charge in [-0.25, -0.2) is 0 Å². The maximum absolute atomic E-state index is 12.3. The van der Waals surface area contributed by atoms with Crippen molar-refractivity contribution >= 4 is 23.0 Å². The third kappa shape index (κ3) is 3.79. The normalized spacial score (nSPS) is 21.8. The van der Waals surface area contributed by atoms with Crippen molar-refractivity contribution in [3.63, 3.8) is 0 Å². The number of carbonyl (C=O) groups is 1. The van der Waals surface area contributed by atoms with Crippen LogP contribution in [0.4, 0.5) is 6.01 Å². The first kappa shape index (κ1) is 16.4. The Morgan fingerprint density at radius 3 is 2.84 bits per heavy atom. The van der Waals surface area contributed by atoms with Crippen LogP contribution >= 0.6 is 0 Å². The highest BCUT2D eigenvalue weighted by Gasteiger charge is 2.27. The smallest absolute Gasteiger partial charge is 0.298 e. The lowest BCUT2D eigenvalue weighted by Crippen LogP contribution is -2.41. The number of piperidine rings is 1. The first-order valence-corrected chi connectivity index (χ1v) is 9.29. The minimum absolute atomic E-state index is 0.0881. The van der Waals surface area contributed by atoms with Gasteiger partial charge in [0.05, 0.1) is 6.10 Å². The van der Waals surface area contributed by atoms with Gasteiger partial charge in [0.15, 0.2) is 5.58 Å². The zero-order chi connectivity index (χ0) is 17.1. The molecule has 2 saturated heterocycles. The molecule has 2 aromatic rings. The molecule has 1 atom stereocenters. The zero-order valence-corrected chi connectivity index (χ0v) is 14.4. The average Bonchev–Trinajstić information content (AvgIpc) is 3.31. The molecular formula is C19H25N3O3. The molecule has 0 saturated carbocycles. The molecule has 4 rings (SSSR count). The van der Waals surface area contributed by atoms with E-state index in [0.29, 0.717) is 12.1 Å². The Hall–Kier alpha value is -2.08. The predicted molar refractivity (Wildman–Crippen MR) is 95.5 cm³/mol. The number of para-hydroxylation sites is 2. The Morgan fingerprint density at radius 2 is 2.08 bits per heavy atom. The maximum Gasteiger partial charge on any atom is 0.298 e. The van der Waals surface area contributed by atoms with Crippen molar-refractivity contribution < 1.29 is 13.9 Å². The summed E-state index contributed by atoms with van der Waals surface area (Å²) in [5.41, 5.74) is 1.69. The zero-order valence-electron chi connectivity index (χ0n) is 14.4. The largest absolute Gasteiger partial charge is 0.423 e. The van der Waals surface area contributed by atoms with Gasteiger partial charge in [0, 0.05) is 32.2 Å². The minimum atomic E-state index is 0.0881. The number of hydrogen-bond acceptors (Lipinski definition) is 5. The van der Waals surface area contributed by atoms with E-state index in [1.165, 1.54) is 0 Å². The van der Waals surface area contributed by atoms with Gasteiger partial charge in [-0.2, -0.15) is 4.98 Å². The lowest BCUT2D eigenvalue weighted by Gasteiger charge is -2.30. The van der Waals surface area contributed by atoms with Gasteiger partial charge in [0.1, 0.15) is 5.52 Å². The summed E-state index contributed by atoms with van der Waals surface area (Å²) in [6.45, 7) is 3.19. The number of hydrogen-bond donors (Lipinski definition) is 1. The van der Waals surface area contributed by atoms with Crippen molar-refractivity contribution in [2.45, 2.75) is 38.2 Å². The van der Waals surface area contributed by atoms with E-state index in [0.717, 1.165) is 69.4 Å². The third-order valence-electron chi connectivity index (χ3n) is 5.21. The van der Waals surface area contributed by atoms with Gasteiger partial charge in [-0.15, -0.1) is 0 Å². The molecule has 1 aromatic heterocycles.